The lowest BCUT2D eigenvalue weighted by atomic mass is 9.94. The molecular formula is C20H28O6S. The first-order chi connectivity index (χ1) is 12.6. The summed E-state index contributed by atoms with van der Waals surface area (Å²) in [6, 6.07) is 8.42. The van der Waals surface area contributed by atoms with Crippen LogP contribution in [0.2, 0.25) is 0 Å². The van der Waals surface area contributed by atoms with Gasteiger partial charge >= 0.3 is 5.97 Å². The summed E-state index contributed by atoms with van der Waals surface area (Å²) < 4.78 is 42.7. The van der Waals surface area contributed by atoms with Gasteiger partial charge in [0.05, 0.1) is 31.0 Å². The fourth-order valence-electron chi connectivity index (χ4n) is 3.93. The van der Waals surface area contributed by atoms with E-state index in [1.165, 1.54) is 7.11 Å². The summed E-state index contributed by atoms with van der Waals surface area (Å²) in [7, 11) is -2.11. The van der Waals surface area contributed by atoms with Crippen molar-refractivity contribution in [3.63, 3.8) is 0 Å². The average Bonchev–Trinajstić information content (AvgIpc) is 2.95. The van der Waals surface area contributed by atoms with Gasteiger partial charge in [0.2, 0.25) is 0 Å². The number of rotatable bonds is 5. The van der Waals surface area contributed by atoms with E-state index < -0.39 is 15.6 Å². The summed E-state index contributed by atoms with van der Waals surface area (Å²) in [6.45, 7) is 5.24. The van der Waals surface area contributed by atoms with Gasteiger partial charge in [0.25, 0.3) is 0 Å². The van der Waals surface area contributed by atoms with Crippen LogP contribution in [0.15, 0.2) is 35.2 Å². The van der Waals surface area contributed by atoms with Gasteiger partial charge in [-0.15, -0.1) is 0 Å². The molecule has 27 heavy (non-hydrogen) atoms. The zero-order valence-corrected chi connectivity index (χ0v) is 17.0. The normalized spacial score (nSPS) is 26.8. The van der Waals surface area contributed by atoms with E-state index in [0.717, 1.165) is 0 Å². The molecule has 6 nitrogen and oxygen atoms in total. The number of esters is 1. The van der Waals surface area contributed by atoms with Gasteiger partial charge in [0, 0.05) is 24.7 Å². The molecule has 1 saturated heterocycles. The van der Waals surface area contributed by atoms with Crippen molar-refractivity contribution in [3.8, 4) is 0 Å². The number of carbonyl (C=O) groups is 1. The van der Waals surface area contributed by atoms with Gasteiger partial charge in [0.15, 0.2) is 15.6 Å². The molecular weight excluding hydrogens is 368 g/mol. The second kappa shape index (κ2) is 7.53. The van der Waals surface area contributed by atoms with Gasteiger partial charge in [-0.05, 0) is 24.0 Å². The third kappa shape index (κ3) is 4.70. The van der Waals surface area contributed by atoms with Crippen molar-refractivity contribution in [2.45, 2.75) is 43.8 Å². The van der Waals surface area contributed by atoms with Gasteiger partial charge in [-0.1, -0.05) is 32.0 Å². The summed E-state index contributed by atoms with van der Waals surface area (Å²) >= 11 is 0. The minimum absolute atomic E-state index is 0.0312. The Hall–Kier alpha value is -1.44. The van der Waals surface area contributed by atoms with Gasteiger partial charge in [0.1, 0.15) is 0 Å². The number of hydrogen-bond acceptors (Lipinski definition) is 6. The first-order valence-electron chi connectivity index (χ1n) is 9.27. The summed E-state index contributed by atoms with van der Waals surface area (Å²) in [5.74, 6) is -1.55. The maximum absolute atomic E-state index is 12.9. The van der Waals surface area contributed by atoms with Crippen LogP contribution in [0.25, 0.3) is 0 Å². The number of benzene rings is 1. The van der Waals surface area contributed by atoms with E-state index in [2.05, 4.69) is 13.8 Å². The van der Waals surface area contributed by atoms with E-state index in [1.807, 2.05) is 0 Å². The molecule has 0 radical (unpaired) electrons. The smallest absolute Gasteiger partial charge is 0.305 e. The van der Waals surface area contributed by atoms with Crippen LogP contribution in [0.5, 0.6) is 0 Å². The Morgan fingerprint density at radius 3 is 2.30 bits per heavy atom. The number of hydrogen-bond donors (Lipinski definition) is 0. The highest BCUT2D eigenvalue weighted by molar-refractivity contribution is 7.91. The second-order valence-electron chi connectivity index (χ2n) is 8.46. The molecule has 150 valence electrons. The highest BCUT2D eigenvalue weighted by Gasteiger charge is 2.52. The largest absolute Gasteiger partial charge is 0.469 e. The minimum Gasteiger partial charge on any atom is -0.469 e. The Morgan fingerprint density at radius 1 is 1.11 bits per heavy atom. The van der Waals surface area contributed by atoms with Crippen molar-refractivity contribution in [3.05, 3.63) is 30.3 Å². The number of sulfone groups is 1. The lowest BCUT2D eigenvalue weighted by molar-refractivity contribution is -0.296. The Bertz CT molecular complexity index is 761. The van der Waals surface area contributed by atoms with E-state index in [0.29, 0.717) is 31.0 Å². The third-order valence-electron chi connectivity index (χ3n) is 5.46. The zero-order valence-electron chi connectivity index (χ0n) is 16.1. The molecule has 1 aliphatic carbocycles. The Labute approximate surface area is 161 Å². The quantitative estimate of drug-likeness (QED) is 0.712. The van der Waals surface area contributed by atoms with Crippen LogP contribution in [0, 0.1) is 17.3 Å². The molecule has 1 aromatic carbocycles. The lowest BCUT2D eigenvalue weighted by Crippen LogP contribution is -2.46. The molecule has 1 saturated carbocycles. The molecule has 1 heterocycles. The van der Waals surface area contributed by atoms with Crippen molar-refractivity contribution < 1.29 is 27.4 Å². The molecule has 1 spiro atoms. The SMILES string of the molecule is COC(=O)C[C@H]1CC2(C[C@H]1CS(=O)(=O)c1ccccc1)OCC(C)(C)CO2. The van der Waals surface area contributed by atoms with Gasteiger partial charge in [-0.2, -0.15) is 0 Å². The van der Waals surface area contributed by atoms with Crippen LogP contribution in [0.4, 0.5) is 0 Å². The molecule has 0 amide bonds. The fourth-order valence-corrected chi connectivity index (χ4v) is 5.64. The van der Waals surface area contributed by atoms with Gasteiger partial charge < -0.3 is 14.2 Å². The van der Waals surface area contributed by atoms with E-state index >= 15 is 0 Å². The first-order valence-corrected chi connectivity index (χ1v) is 10.9. The summed E-state index contributed by atoms with van der Waals surface area (Å²) in [5, 5.41) is 0. The molecule has 1 aromatic rings. The predicted molar refractivity (Wildman–Crippen MR) is 99.8 cm³/mol. The van der Waals surface area contributed by atoms with Crippen LogP contribution in [0.1, 0.15) is 33.1 Å². The van der Waals surface area contributed by atoms with Crippen molar-refractivity contribution in [2.75, 3.05) is 26.1 Å². The average molecular weight is 397 g/mol. The minimum atomic E-state index is -3.46. The Balaban J connectivity index is 1.79. The Morgan fingerprint density at radius 2 is 1.70 bits per heavy atom. The summed E-state index contributed by atoms with van der Waals surface area (Å²) in [5.41, 5.74) is -0.0721. The van der Waals surface area contributed by atoms with Crippen LogP contribution >= 0.6 is 0 Å². The number of methoxy groups -OCH3 is 1. The number of ether oxygens (including phenoxy) is 3. The molecule has 0 unspecified atom stereocenters. The van der Waals surface area contributed by atoms with Crippen molar-refractivity contribution >= 4 is 15.8 Å². The predicted octanol–water partition coefficient (Wildman–Crippen LogP) is 2.82. The van der Waals surface area contributed by atoms with Crippen molar-refractivity contribution in [1.29, 1.82) is 0 Å². The number of carbonyl (C=O) groups excluding carboxylic acids is 1. The topological polar surface area (TPSA) is 78.9 Å². The molecule has 7 heteroatoms. The van der Waals surface area contributed by atoms with Crippen LogP contribution in [-0.2, 0) is 28.8 Å². The maximum Gasteiger partial charge on any atom is 0.305 e. The molecule has 0 aromatic heterocycles. The highest BCUT2D eigenvalue weighted by Crippen LogP contribution is 2.48. The van der Waals surface area contributed by atoms with E-state index in [1.54, 1.807) is 30.3 Å². The maximum atomic E-state index is 12.9. The standard InChI is InChI=1S/C20H28O6S/c1-19(2)13-25-20(26-14-19)10-15(9-18(21)24-3)16(11-20)12-27(22,23)17-7-5-4-6-8-17/h4-8,15-16H,9-14H2,1-3H3/t15-,16-/m0/s1. The molecule has 0 N–H and O–H groups in total. The lowest BCUT2D eigenvalue weighted by Gasteiger charge is -2.41. The zero-order chi connectivity index (χ0) is 19.7. The van der Waals surface area contributed by atoms with Gasteiger partial charge in [-0.3, -0.25) is 4.79 Å². The molecule has 2 fully saturated rings. The fraction of sp³-hybridized carbons (Fsp3) is 0.650. The monoisotopic (exact) mass is 396 g/mol. The molecule has 0 bridgehead atoms. The first kappa shape index (κ1) is 20.3. The summed E-state index contributed by atoms with van der Waals surface area (Å²) in [6.07, 6.45) is 1.15. The Kier molecular flexibility index (Phi) is 5.66. The van der Waals surface area contributed by atoms with Gasteiger partial charge in [-0.25, -0.2) is 8.42 Å². The van der Waals surface area contributed by atoms with Crippen LogP contribution in [0.3, 0.4) is 0 Å². The van der Waals surface area contributed by atoms with E-state index in [4.69, 9.17) is 14.2 Å². The van der Waals surface area contributed by atoms with Crippen molar-refractivity contribution in [2.24, 2.45) is 17.3 Å². The van der Waals surface area contributed by atoms with Crippen LogP contribution < -0.4 is 0 Å². The van der Waals surface area contributed by atoms with Crippen LogP contribution in [-0.4, -0.2) is 46.3 Å². The third-order valence-corrected chi connectivity index (χ3v) is 7.31. The molecule has 2 atom stereocenters. The summed E-state index contributed by atoms with van der Waals surface area (Å²) in [4.78, 5) is 12.2. The second-order valence-corrected chi connectivity index (χ2v) is 10.5. The molecule has 1 aliphatic heterocycles. The van der Waals surface area contributed by atoms with E-state index in [9.17, 15) is 13.2 Å². The van der Waals surface area contributed by atoms with E-state index in [-0.39, 0.29) is 35.4 Å². The highest BCUT2D eigenvalue weighted by atomic mass is 32.2. The molecule has 3 rings (SSSR count). The van der Waals surface area contributed by atoms with Crippen molar-refractivity contribution in [1.82, 2.24) is 0 Å². The molecule has 2 aliphatic rings.